The van der Waals surface area contributed by atoms with Gasteiger partial charge in [-0.1, -0.05) is 11.6 Å². The Bertz CT molecular complexity index is 973. The number of nitrogens with zero attached hydrogens (tertiary/aromatic N) is 1. The van der Waals surface area contributed by atoms with Gasteiger partial charge in [0.05, 0.1) is 23.8 Å². The predicted octanol–water partition coefficient (Wildman–Crippen LogP) is 3.08. The number of carbonyl (C=O) groups excluding carboxylic acids is 1. The average Bonchev–Trinajstić information content (AvgIpc) is 2.70. The van der Waals surface area contributed by atoms with E-state index in [1.807, 2.05) is 0 Å². The standard InChI is InChI=1S/C20H23ClN2O5S/c1-14-13-16(21)3-8-19(14)22-29(25,26)18-6-4-17(5-7-18)28-15(2)20(24)23-9-11-27-12-10-23/h3-8,13,15,22H,9-12H2,1-2H3/t15-/m0/s1. The topological polar surface area (TPSA) is 84.9 Å². The van der Waals surface area contributed by atoms with E-state index >= 15 is 0 Å². The second-order valence-corrected chi connectivity index (χ2v) is 8.85. The van der Waals surface area contributed by atoms with Gasteiger partial charge in [-0.05, 0) is 61.9 Å². The second-order valence-electron chi connectivity index (χ2n) is 6.73. The van der Waals surface area contributed by atoms with Crippen molar-refractivity contribution in [3.05, 3.63) is 53.1 Å². The highest BCUT2D eigenvalue weighted by Crippen LogP contribution is 2.24. The first-order valence-electron chi connectivity index (χ1n) is 9.18. The molecule has 156 valence electrons. The Kier molecular flexibility index (Phi) is 6.66. The molecule has 0 unspecified atom stereocenters. The molecule has 3 rings (SSSR count). The van der Waals surface area contributed by atoms with Crippen molar-refractivity contribution in [1.82, 2.24) is 4.90 Å². The Morgan fingerprint density at radius 3 is 2.45 bits per heavy atom. The van der Waals surface area contributed by atoms with Crippen LogP contribution in [0, 0.1) is 6.92 Å². The van der Waals surface area contributed by atoms with Crippen molar-refractivity contribution in [2.75, 3.05) is 31.0 Å². The van der Waals surface area contributed by atoms with Crippen LogP contribution in [0.15, 0.2) is 47.4 Å². The molecule has 9 heteroatoms. The van der Waals surface area contributed by atoms with Crippen molar-refractivity contribution in [1.29, 1.82) is 0 Å². The summed E-state index contributed by atoms with van der Waals surface area (Å²) in [5.74, 6) is 0.297. The van der Waals surface area contributed by atoms with Crippen molar-refractivity contribution in [2.45, 2.75) is 24.8 Å². The number of carbonyl (C=O) groups is 1. The number of rotatable bonds is 6. The Balaban J connectivity index is 1.66. The van der Waals surface area contributed by atoms with Gasteiger partial charge in [0.2, 0.25) is 0 Å². The van der Waals surface area contributed by atoms with Crippen LogP contribution in [0.4, 0.5) is 5.69 Å². The lowest BCUT2D eigenvalue weighted by Gasteiger charge is -2.29. The molecule has 0 radical (unpaired) electrons. The van der Waals surface area contributed by atoms with Crippen molar-refractivity contribution in [3.63, 3.8) is 0 Å². The smallest absolute Gasteiger partial charge is 0.263 e. The van der Waals surface area contributed by atoms with Crippen LogP contribution in [0.3, 0.4) is 0 Å². The maximum absolute atomic E-state index is 12.6. The zero-order chi connectivity index (χ0) is 21.0. The molecule has 0 saturated carbocycles. The van der Waals surface area contributed by atoms with Gasteiger partial charge in [0.15, 0.2) is 6.10 Å². The van der Waals surface area contributed by atoms with Gasteiger partial charge in [-0.3, -0.25) is 9.52 Å². The number of benzene rings is 2. The summed E-state index contributed by atoms with van der Waals surface area (Å²) in [6, 6.07) is 10.9. The van der Waals surface area contributed by atoms with Crippen LogP contribution in [-0.2, 0) is 19.6 Å². The summed E-state index contributed by atoms with van der Waals surface area (Å²) >= 11 is 5.91. The number of hydrogen-bond donors (Lipinski definition) is 1. The third-order valence-corrected chi connectivity index (χ3v) is 6.17. The molecule has 1 aliphatic heterocycles. The Hall–Kier alpha value is -2.29. The molecular weight excluding hydrogens is 416 g/mol. The highest BCUT2D eigenvalue weighted by molar-refractivity contribution is 7.92. The number of amides is 1. The van der Waals surface area contributed by atoms with E-state index in [1.54, 1.807) is 36.9 Å². The normalized spacial score (nSPS) is 15.6. The zero-order valence-corrected chi connectivity index (χ0v) is 17.8. The molecule has 1 fully saturated rings. The Morgan fingerprint density at radius 1 is 1.17 bits per heavy atom. The fourth-order valence-electron chi connectivity index (χ4n) is 2.94. The monoisotopic (exact) mass is 438 g/mol. The van der Waals surface area contributed by atoms with Gasteiger partial charge >= 0.3 is 0 Å². The molecule has 29 heavy (non-hydrogen) atoms. The van der Waals surface area contributed by atoms with Gasteiger partial charge in [0.1, 0.15) is 5.75 Å². The number of aryl methyl sites for hydroxylation is 1. The summed E-state index contributed by atoms with van der Waals surface area (Å²) in [6.45, 7) is 5.57. The van der Waals surface area contributed by atoms with Gasteiger partial charge in [0, 0.05) is 18.1 Å². The van der Waals surface area contributed by atoms with Crippen LogP contribution < -0.4 is 9.46 Å². The molecule has 1 N–H and O–H groups in total. The molecule has 0 spiro atoms. The van der Waals surface area contributed by atoms with Crippen molar-refractivity contribution in [2.24, 2.45) is 0 Å². The quantitative estimate of drug-likeness (QED) is 0.749. The summed E-state index contributed by atoms with van der Waals surface area (Å²) in [6.07, 6.45) is -0.676. The molecule has 1 saturated heterocycles. The highest BCUT2D eigenvalue weighted by atomic mass is 35.5. The number of ether oxygens (including phenoxy) is 2. The fourth-order valence-corrected chi connectivity index (χ4v) is 4.30. The minimum Gasteiger partial charge on any atom is -0.481 e. The molecule has 0 aromatic heterocycles. The van der Waals surface area contributed by atoms with Crippen molar-refractivity contribution in [3.8, 4) is 5.75 Å². The molecule has 1 atom stereocenters. The summed E-state index contributed by atoms with van der Waals surface area (Å²) in [5.41, 5.74) is 1.18. The summed E-state index contributed by atoms with van der Waals surface area (Å²) < 4.78 is 38.7. The minimum absolute atomic E-state index is 0.0892. The largest absolute Gasteiger partial charge is 0.481 e. The van der Waals surface area contributed by atoms with Crippen LogP contribution in [0.25, 0.3) is 0 Å². The van der Waals surface area contributed by atoms with E-state index in [2.05, 4.69) is 4.72 Å². The van der Waals surface area contributed by atoms with Gasteiger partial charge in [-0.25, -0.2) is 8.42 Å². The first kappa shape index (κ1) is 21.4. The number of nitrogens with one attached hydrogen (secondary N) is 1. The highest BCUT2D eigenvalue weighted by Gasteiger charge is 2.24. The third kappa shape index (κ3) is 5.41. The first-order valence-corrected chi connectivity index (χ1v) is 11.0. The van der Waals surface area contributed by atoms with E-state index in [4.69, 9.17) is 21.1 Å². The lowest BCUT2D eigenvalue weighted by atomic mass is 10.2. The molecule has 7 nitrogen and oxygen atoms in total. The molecule has 0 bridgehead atoms. The van der Waals surface area contributed by atoms with Gasteiger partial charge < -0.3 is 14.4 Å². The van der Waals surface area contributed by atoms with E-state index in [9.17, 15) is 13.2 Å². The number of halogens is 1. The lowest BCUT2D eigenvalue weighted by Crippen LogP contribution is -2.46. The Morgan fingerprint density at radius 2 is 1.83 bits per heavy atom. The van der Waals surface area contributed by atoms with E-state index in [0.29, 0.717) is 42.8 Å². The number of hydrogen-bond acceptors (Lipinski definition) is 5. The zero-order valence-electron chi connectivity index (χ0n) is 16.2. The number of morpholine rings is 1. The van der Waals surface area contributed by atoms with Crippen molar-refractivity contribution < 1.29 is 22.7 Å². The second kappa shape index (κ2) is 9.02. The third-order valence-electron chi connectivity index (χ3n) is 4.55. The van der Waals surface area contributed by atoms with E-state index in [1.165, 1.54) is 24.3 Å². The molecule has 2 aromatic carbocycles. The van der Waals surface area contributed by atoms with Crippen LogP contribution in [0.2, 0.25) is 5.02 Å². The van der Waals surface area contributed by atoms with Crippen LogP contribution >= 0.6 is 11.6 Å². The maximum atomic E-state index is 12.6. The van der Waals surface area contributed by atoms with Crippen molar-refractivity contribution >= 4 is 33.2 Å². The van der Waals surface area contributed by atoms with Crippen LogP contribution in [-0.4, -0.2) is 51.6 Å². The van der Waals surface area contributed by atoms with E-state index < -0.39 is 16.1 Å². The lowest BCUT2D eigenvalue weighted by molar-refractivity contribution is -0.142. The molecule has 2 aromatic rings. The van der Waals surface area contributed by atoms with Gasteiger partial charge in [-0.15, -0.1) is 0 Å². The molecule has 1 amide bonds. The molecule has 1 heterocycles. The molecular formula is C20H23ClN2O5S. The summed E-state index contributed by atoms with van der Waals surface area (Å²) in [5, 5.41) is 0.535. The van der Waals surface area contributed by atoms with Gasteiger partial charge in [0.25, 0.3) is 15.9 Å². The van der Waals surface area contributed by atoms with Crippen LogP contribution in [0.5, 0.6) is 5.75 Å². The molecule has 0 aliphatic carbocycles. The average molecular weight is 439 g/mol. The SMILES string of the molecule is Cc1cc(Cl)ccc1NS(=O)(=O)c1ccc(O[C@@H](C)C(=O)N2CCOCC2)cc1. The Labute approximate surface area is 175 Å². The van der Waals surface area contributed by atoms with Crippen LogP contribution in [0.1, 0.15) is 12.5 Å². The minimum atomic E-state index is -3.77. The van der Waals surface area contributed by atoms with E-state index in [0.717, 1.165) is 5.56 Å². The summed E-state index contributed by atoms with van der Waals surface area (Å²) in [7, 11) is -3.77. The number of sulfonamides is 1. The number of anilines is 1. The van der Waals surface area contributed by atoms with E-state index in [-0.39, 0.29) is 10.8 Å². The van der Waals surface area contributed by atoms with Gasteiger partial charge in [-0.2, -0.15) is 0 Å². The molecule has 1 aliphatic rings. The first-order chi connectivity index (χ1) is 13.8. The predicted molar refractivity (Wildman–Crippen MR) is 111 cm³/mol. The maximum Gasteiger partial charge on any atom is 0.263 e. The fraction of sp³-hybridized carbons (Fsp3) is 0.350. The summed E-state index contributed by atoms with van der Waals surface area (Å²) in [4.78, 5) is 14.2.